The lowest BCUT2D eigenvalue weighted by atomic mass is 10.2. The zero-order valence-electron chi connectivity index (χ0n) is 15.5. The summed E-state index contributed by atoms with van der Waals surface area (Å²) in [6.07, 6.45) is -5.04. The maximum atomic E-state index is 12.7. The lowest BCUT2D eigenvalue weighted by molar-refractivity contribution is -0.141. The van der Waals surface area contributed by atoms with Crippen molar-refractivity contribution in [3.8, 4) is 0 Å². The first-order chi connectivity index (χ1) is 12.8. The minimum Gasteiger partial charge on any atom is -0.442 e. The number of amides is 1. The molecule has 1 amide bonds. The highest BCUT2D eigenvalue weighted by molar-refractivity contribution is 6.33. The van der Waals surface area contributed by atoms with Crippen LogP contribution in [0.5, 0.6) is 0 Å². The standard InChI is InChI=1S/C17H18ClF3N4O3/c1-5-9-8-12(25(24-9)15(27)28-16(2,3)4)23-14(26)10-6-7-11(17(19,20)21)22-13(10)18/h6-8H,5H2,1-4H3,(H,23,26). The van der Waals surface area contributed by atoms with Gasteiger partial charge in [0.05, 0.1) is 11.3 Å². The number of nitrogens with zero attached hydrogens (tertiary/aromatic N) is 3. The Labute approximate surface area is 163 Å². The van der Waals surface area contributed by atoms with Crippen molar-refractivity contribution < 1.29 is 27.5 Å². The predicted molar refractivity (Wildman–Crippen MR) is 95.4 cm³/mol. The van der Waals surface area contributed by atoms with Gasteiger partial charge in [0.15, 0.2) is 0 Å². The van der Waals surface area contributed by atoms with Crippen molar-refractivity contribution in [2.45, 2.75) is 45.9 Å². The Morgan fingerprint density at radius 2 is 1.89 bits per heavy atom. The molecule has 1 N–H and O–H groups in total. The fourth-order valence-corrected chi connectivity index (χ4v) is 2.32. The molecule has 0 radical (unpaired) electrons. The lowest BCUT2D eigenvalue weighted by Gasteiger charge is -2.19. The van der Waals surface area contributed by atoms with Gasteiger partial charge in [-0.05, 0) is 39.3 Å². The Hall–Kier alpha value is -2.62. The Morgan fingerprint density at radius 3 is 2.39 bits per heavy atom. The first-order valence-corrected chi connectivity index (χ1v) is 8.57. The van der Waals surface area contributed by atoms with E-state index in [9.17, 15) is 22.8 Å². The number of ether oxygens (including phenoxy) is 1. The van der Waals surface area contributed by atoms with Gasteiger partial charge in [0.2, 0.25) is 0 Å². The third kappa shape index (κ3) is 5.22. The lowest BCUT2D eigenvalue weighted by Crippen LogP contribution is -2.29. The van der Waals surface area contributed by atoms with Crippen LogP contribution in [-0.2, 0) is 17.3 Å². The number of rotatable bonds is 3. The van der Waals surface area contributed by atoms with Gasteiger partial charge in [-0.3, -0.25) is 4.79 Å². The van der Waals surface area contributed by atoms with Crippen LogP contribution in [0.25, 0.3) is 0 Å². The van der Waals surface area contributed by atoms with E-state index in [2.05, 4.69) is 15.4 Å². The highest BCUT2D eigenvalue weighted by atomic mass is 35.5. The fourth-order valence-electron chi connectivity index (χ4n) is 2.08. The molecule has 0 fully saturated rings. The van der Waals surface area contributed by atoms with E-state index in [1.807, 2.05) is 0 Å². The Bertz CT molecular complexity index is 904. The van der Waals surface area contributed by atoms with Gasteiger partial charge < -0.3 is 10.1 Å². The number of hydrogen-bond donors (Lipinski definition) is 1. The van der Waals surface area contributed by atoms with Gasteiger partial charge in [-0.15, -0.1) is 4.68 Å². The topological polar surface area (TPSA) is 86.1 Å². The van der Waals surface area contributed by atoms with Gasteiger partial charge >= 0.3 is 12.3 Å². The molecule has 0 spiro atoms. The molecule has 2 aromatic heterocycles. The van der Waals surface area contributed by atoms with Crippen molar-refractivity contribution >= 4 is 29.4 Å². The SMILES string of the molecule is CCc1cc(NC(=O)c2ccc(C(F)(F)F)nc2Cl)n(C(=O)OC(C)(C)C)n1. The van der Waals surface area contributed by atoms with E-state index in [-0.39, 0.29) is 11.4 Å². The molecule has 11 heteroatoms. The van der Waals surface area contributed by atoms with Crippen molar-refractivity contribution in [1.29, 1.82) is 0 Å². The Balaban J connectivity index is 2.31. The maximum absolute atomic E-state index is 12.7. The summed E-state index contributed by atoms with van der Waals surface area (Å²) in [5.41, 5.74) is -1.80. The van der Waals surface area contributed by atoms with E-state index in [4.69, 9.17) is 16.3 Å². The number of hydrogen-bond acceptors (Lipinski definition) is 5. The number of nitrogens with one attached hydrogen (secondary N) is 1. The molecule has 2 rings (SSSR count). The molecule has 152 valence electrons. The van der Waals surface area contributed by atoms with Gasteiger partial charge in [0.25, 0.3) is 5.91 Å². The van der Waals surface area contributed by atoms with Crippen molar-refractivity contribution in [1.82, 2.24) is 14.8 Å². The van der Waals surface area contributed by atoms with E-state index < -0.39 is 34.6 Å². The summed E-state index contributed by atoms with van der Waals surface area (Å²) in [7, 11) is 0. The zero-order valence-corrected chi connectivity index (χ0v) is 16.3. The highest BCUT2D eigenvalue weighted by Gasteiger charge is 2.33. The van der Waals surface area contributed by atoms with Gasteiger partial charge in [-0.25, -0.2) is 9.78 Å². The van der Waals surface area contributed by atoms with Crippen molar-refractivity contribution in [3.63, 3.8) is 0 Å². The monoisotopic (exact) mass is 418 g/mol. The molecule has 0 atom stereocenters. The van der Waals surface area contributed by atoms with Gasteiger partial charge in [-0.2, -0.15) is 18.3 Å². The first-order valence-electron chi connectivity index (χ1n) is 8.19. The summed E-state index contributed by atoms with van der Waals surface area (Å²) in [4.78, 5) is 28.0. The molecule has 0 aliphatic heterocycles. The van der Waals surface area contributed by atoms with Gasteiger partial charge in [-0.1, -0.05) is 18.5 Å². The number of aryl methyl sites for hydroxylation is 1. The molecule has 0 unspecified atom stereocenters. The molecule has 2 aromatic rings. The highest BCUT2D eigenvalue weighted by Crippen LogP contribution is 2.29. The van der Waals surface area contributed by atoms with Crippen LogP contribution in [0.1, 0.15) is 49.4 Å². The predicted octanol–water partition coefficient (Wildman–Crippen LogP) is 4.55. The van der Waals surface area contributed by atoms with E-state index >= 15 is 0 Å². The third-order valence-corrected chi connectivity index (χ3v) is 3.60. The number of halogens is 4. The molecule has 0 saturated heterocycles. The molecule has 0 bridgehead atoms. The van der Waals surface area contributed by atoms with Gasteiger partial charge in [0, 0.05) is 6.07 Å². The zero-order chi connectivity index (χ0) is 21.3. The van der Waals surface area contributed by atoms with Crippen LogP contribution >= 0.6 is 11.6 Å². The summed E-state index contributed by atoms with van der Waals surface area (Å²) in [6, 6.07) is 3.00. The number of pyridine rings is 1. The molecule has 0 aromatic carbocycles. The first kappa shape index (κ1) is 21.7. The number of alkyl halides is 3. The van der Waals surface area contributed by atoms with E-state index in [1.54, 1.807) is 27.7 Å². The molecular weight excluding hydrogens is 401 g/mol. The van der Waals surface area contributed by atoms with Gasteiger partial charge in [0.1, 0.15) is 22.3 Å². The van der Waals surface area contributed by atoms with E-state index in [1.165, 1.54) is 6.07 Å². The van der Waals surface area contributed by atoms with Crippen molar-refractivity contribution in [2.24, 2.45) is 0 Å². The quantitative estimate of drug-likeness (QED) is 0.739. The third-order valence-electron chi connectivity index (χ3n) is 3.31. The second-order valence-corrected chi connectivity index (χ2v) is 7.11. The largest absolute Gasteiger partial charge is 0.442 e. The van der Waals surface area contributed by atoms with Crippen molar-refractivity contribution in [3.05, 3.63) is 40.3 Å². The Kier molecular flexibility index (Phi) is 6.03. The number of carbonyl (C=O) groups is 2. The summed E-state index contributed by atoms with van der Waals surface area (Å²) >= 11 is 5.73. The average Bonchev–Trinajstić information content (AvgIpc) is 2.95. The molecule has 0 aliphatic carbocycles. The second-order valence-electron chi connectivity index (χ2n) is 6.75. The van der Waals surface area contributed by atoms with Crippen LogP contribution in [0, 0.1) is 0 Å². The van der Waals surface area contributed by atoms with Crippen LogP contribution in [0.4, 0.5) is 23.8 Å². The normalized spacial score (nSPS) is 12.0. The maximum Gasteiger partial charge on any atom is 0.437 e. The number of carbonyl (C=O) groups excluding carboxylic acids is 2. The van der Waals surface area contributed by atoms with Crippen LogP contribution in [-0.4, -0.2) is 32.4 Å². The summed E-state index contributed by atoms with van der Waals surface area (Å²) in [5, 5.41) is 5.84. The van der Waals surface area contributed by atoms with Crippen LogP contribution in [0.15, 0.2) is 18.2 Å². The molecule has 7 nitrogen and oxygen atoms in total. The summed E-state index contributed by atoms with van der Waals surface area (Å²) in [6.45, 7) is 6.80. The minimum absolute atomic E-state index is 0.00735. The summed E-state index contributed by atoms with van der Waals surface area (Å²) < 4.78 is 44.1. The molecule has 28 heavy (non-hydrogen) atoms. The molecular formula is C17H18ClF3N4O3. The van der Waals surface area contributed by atoms with Crippen LogP contribution < -0.4 is 5.32 Å². The van der Waals surface area contributed by atoms with E-state index in [0.29, 0.717) is 18.2 Å². The molecule has 0 aliphatic rings. The van der Waals surface area contributed by atoms with Crippen LogP contribution in [0.2, 0.25) is 5.15 Å². The van der Waals surface area contributed by atoms with Crippen molar-refractivity contribution in [2.75, 3.05) is 5.32 Å². The second kappa shape index (κ2) is 7.78. The average molecular weight is 419 g/mol. The van der Waals surface area contributed by atoms with E-state index in [0.717, 1.165) is 10.7 Å². The molecule has 0 saturated carbocycles. The fraction of sp³-hybridized carbons (Fsp3) is 0.412. The minimum atomic E-state index is -4.69. The number of anilines is 1. The smallest absolute Gasteiger partial charge is 0.437 e. The Morgan fingerprint density at radius 1 is 1.25 bits per heavy atom. The summed E-state index contributed by atoms with van der Waals surface area (Å²) in [5.74, 6) is -0.856. The number of aromatic nitrogens is 3. The van der Waals surface area contributed by atoms with Crippen LogP contribution in [0.3, 0.4) is 0 Å². The molecule has 2 heterocycles.